The zero-order valence-corrected chi connectivity index (χ0v) is 15.0. The number of para-hydroxylation sites is 1. The molecule has 5 nitrogen and oxygen atoms in total. The fraction of sp³-hybridized carbons (Fsp3) is 0.316. The first kappa shape index (κ1) is 17.6. The molecular weight excluding hydrogens is 338 g/mol. The number of aryl methyl sites for hydroxylation is 1. The van der Waals surface area contributed by atoms with Crippen molar-refractivity contribution in [1.82, 2.24) is 5.32 Å². The summed E-state index contributed by atoms with van der Waals surface area (Å²) < 4.78 is 11.4. The molecule has 0 saturated carbocycles. The number of thioether (sulfide) groups is 1. The lowest BCUT2D eigenvalue weighted by Crippen LogP contribution is -2.33. The number of methoxy groups -OCH3 is 1. The maximum absolute atomic E-state index is 11.1. The Labute approximate surface area is 151 Å². The second-order valence-corrected chi connectivity index (χ2v) is 7.03. The van der Waals surface area contributed by atoms with E-state index in [-0.39, 0.29) is 5.37 Å². The molecule has 2 aromatic carbocycles. The van der Waals surface area contributed by atoms with Gasteiger partial charge in [-0.05, 0) is 36.2 Å². The zero-order chi connectivity index (χ0) is 17.8. The molecule has 25 heavy (non-hydrogen) atoms. The molecule has 0 bridgehead atoms. The summed E-state index contributed by atoms with van der Waals surface area (Å²) in [5.41, 5.74) is 3.04. The molecule has 0 amide bonds. The number of hydrogen-bond acceptors (Lipinski definition) is 5. The van der Waals surface area contributed by atoms with Crippen LogP contribution in [-0.4, -0.2) is 30.0 Å². The Bertz CT molecular complexity index is 765. The molecule has 1 heterocycles. The van der Waals surface area contributed by atoms with Crippen LogP contribution in [0.5, 0.6) is 11.5 Å². The minimum absolute atomic E-state index is 0.0378. The number of rotatable bonds is 6. The highest BCUT2D eigenvalue weighted by Gasteiger charge is 2.30. The van der Waals surface area contributed by atoms with E-state index in [1.165, 1.54) is 0 Å². The Kier molecular flexibility index (Phi) is 5.50. The molecular formula is C19H21NO4S. The standard InChI is InChI=1S/C19H21NO4S/c1-12-5-3-4-6-16(12)24-10-14-9-13(7-8-17(14)23-2)18-20-15(11-25-18)19(21)22/h3-9,15,18,20H,10-11H2,1-2H3,(H,21,22)/t15-,18+/m1/s1. The molecule has 1 aliphatic heterocycles. The highest BCUT2D eigenvalue weighted by molar-refractivity contribution is 7.99. The van der Waals surface area contributed by atoms with E-state index in [4.69, 9.17) is 14.6 Å². The molecule has 0 radical (unpaired) electrons. The average Bonchev–Trinajstić information content (AvgIpc) is 3.11. The second-order valence-electron chi connectivity index (χ2n) is 5.90. The lowest BCUT2D eigenvalue weighted by Gasteiger charge is -2.16. The van der Waals surface area contributed by atoms with Crippen LogP contribution in [0.2, 0.25) is 0 Å². The maximum atomic E-state index is 11.1. The van der Waals surface area contributed by atoms with Crippen LogP contribution in [0.15, 0.2) is 42.5 Å². The van der Waals surface area contributed by atoms with Gasteiger partial charge in [0.25, 0.3) is 0 Å². The van der Waals surface area contributed by atoms with Gasteiger partial charge in [0.2, 0.25) is 0 Å². The molecule has 1 aliphatic rings. The first-order valence-corrected chi connectivity index (χ1v) is 9.09. The highest BCUT2D eigenvalue weighted by Crippen LogP contribution is 2.35. The lowest BCUT2D eigenvalue weighted by atomic mass is 10.1. The monoisotopic (exact) mass is 359 g/mol. The van der Waals surface area contributed by atoms with E-state index < -0.39 is 12.0 Å². The van der Waals surface area contributed by atoms with Gasteiger partial charge < -0.3 is 14.6 Å². The molecule has 2 atom stereocenters. The predicted octanol–water partition coefficient (Wildman–Crippen LogP) is 3.37. The summed E-state index contributed by atoms with van der Waals surface area (Å²) in [4.78, 5) is 11.1. The summed E-state index contributed by atoms with van der Waals surface area (Å²) in [7, 11) is 1.63. The van der Waals surface area contributed by atoms with Crippen molar-refractivity contribution >= 4 is 17.7 Å². The van der Waals surface area contributed by atoms with Crippen LogP contribution in [0.4, 0.5) is 0 Å². The quantitative estimate of drug-likeness (QED) is 0.824. The molecule has 0 aliphatic carbocycles. The fourth-order valence-electron chi connectivity index (χ4n) is 2.75. The van der Waals surface area contributed by atoms with Crippen molar-refractivity contribution in [2.24, 2.45) is 0 Å². The number of carbonyl (C=O) groups is 1. The number of nitrogens with one attached hydrogen (secondary N) is 1. The number of hydrogen-bond donors (Lipinski definition) is 2. The number of aliphatic carboxylic acids is 1. The van der Waals surface area contributed by atoms with Crippen molar-refractivity contribution in [2.75, 3.05) is 12.9 Å². The smallest absolute Gasteiger partial charge is 0.321 e. The molecule has 0 aromatic heterocycles. The zero-order valence-electron chi connectivity index (χ0n) is 14.2. The summed E-state index contributed by atoms with van der Waals surface area (Å²) in [5, 5.41) is 12.2. The van der Waals surface area contributed by atoms with Crippen molar-refractivity contribution in [3.05, 3.63) is 59.2 Å². The van der Waals surface area contributed by atoms with Crippen molar-refractivity contribution in [3.8, 4) is 11.5 Å². The SMILES string of the molecule is COc1ccc([C@H]2N[C@@H](C(=O)O)CS2)cc1COc1ccccc1C. The molecule has 0 spiro atoms. The maximum Gasteiger partial charge on any atom is 0.321 e. The summed E-state index contributed by atoms with van der Waals surface area (Å²) in [5.74, 6) is 1.34. The highest BCUT2D eigenvalue weighted by atomic mass is 32.2. The van der Waals surface area contributed by atoms with Gasteiger partial charge in [0.1, 0.15) is 24.1 Å². The molecule has 1 fully saturated rings. The topological polar surface area (TPSA) is 67.8 Å². The second kappa shape index (κ2) is 7.80. The largest absolute Gasteiger partial charge is 0.496 e. The third-order valence-electron chi connectivity index (χ3n) is 4.16. The lowest BCUT2D eigenvalue weighted by molar-refractivity contribution is -0.138. The first-order valence-electron chi connectivity index (χ1n) is 8.04. The van der Waals surface area contributed by atoms with Crippen LogP contribution in [0.25, 0.3) is 0 Å². The summed E-state index contributed by atoms with van der Waals surface area (Å²) in [6.45, 7) is 2.40. The van der Waals surface area contributed by atoms with Crippen LogP contribution >= 0.6 is 11.8 Å². The van der Waals surface area contributed by atoms with E-state index in [1.807, 2.05) is 49.4 Å². The van der Waals surface area contributed by atoms with Gasteiger partial charge in [0, 0.05) is 11.3 Å². The van der Waals surface area contributed by atoms with Gasteiger partial charge in [0.05, 0.1) is 12.5 Å². The van der Waals surface area contributed by atoms with E-state index in [2.05, 4.69) is 5.32 Å². The number of carboxylic acids is 1. The van der Waals surface area contributed by atoms with Crippen molar-refractivity contribution in [2.45, 2.75) is 24.9 Å². The molecule has 132 valence electrons. The Hall–Kier alpha value is -2.18. The predicted molar refractivity (Wildman–Crippen MR) is 98.3 cm³/mol. The van der Waals surface area contributed by atoms with Gasteiger partial charge in [-0.25, -0.2) is 0 Å². The van der Waals surface area contributed by atoms with Crippen LogP contribution in [0.1, 0.15) is 22.1 Å². The van der Waals surface area contributed by atoms with Crippen molar-refractivity contribution in [3.63, 3.8) is 0 Å². The molecule has 0 unspecified atom stereocenters. The van der Waals surface area contributed by atoms with Crippen molar-refractivity contribution < 1.29 is 19.4 Å². The normalized spacial score (nSPS) is 19.6. The summed E-state index contributed by atoms with van der Waals surface area (Å²) >= 11 is 1.60. The molecule has 6 heteroatoms. The van der Waals surface area contributed by atoms with E-state index in [0.717, 1.165) is 28.2 Å². The van der Waals surface area contributed by atoms with Gasteiger partial charge >= 0.3 is 5.97 Å². The van der Waals surface area contributed by atoms with Gasteiger partial charge in [-0.1, -0.05) is 24.3 Å². The minimum Gasteiger partial charge on any atom is -0.496 e. The molecule has 1 saturated heterocycles. The average molecular weight is 359 g/mol. The minimum atomic E-state index is -0.813. The summed E-state index contributed by atoms with van der Waals surface area (Å²) in [6, 6.07) is 13.3. The Morgan fingerprint density at radius 3 is 2.76 bits per heavy atom. The Morgan fingerprint density at radius 2 is 2.08 bits per heavy atom. The van der Waals surface area contributed by atoms with Gasteiger partial charge in [-0.15, -0.1) is 11.8 Å². The third-order valence-corrected chi connectivity index (χ3v) is 5.43. The molecule has 3 rings (SSSR count). The van der Waals surface area contributed by atoms with Crippen LogP contribution in [0, 0.1) is 6.92 Å². The first-order chi connectivity index (χ1) is 12.1. The van der Waals surface area contributed by atoms with E-state index in [0.29, 0.717) is 12.4 Å². The van der Waals surface area contributed by atoms with Crippen LogP contribution < -0.4 is 14.8 Å². The molecule has 2 aromatic rings. The Balaban J connectivity index is 1.76. The number of ether oxygens (including phenoxy) is 2. The third kappa shape index (κ3) is 4.08. The Morgan fingerprint density at radius 1 is 1.28 bits per heavy atom. The van der Waals surface area contributed by atoms with Crippen LogP contribution in [-0.2, 0) is 11.4 Å². The van der Waals surface area contributed by atoms with Gasteiger partial charge in [-0.3, -0.25) is 10.1 Å². The van der Waals surface area contributed by atoms with Gasteiger partial charge in [0.15, 0.2) is 0 Å². The number of benzene rings is 2. The van der Waals surface area contributed by atoms with E-state index in [1.54, 1.807) is 18.9 Å². The van der Waals surface area contributed by atoms with E-state index >= 15 is 0 Å². The summed E-state index contributed by atoms with van der Waals surface area (Å²) in [6.07, 6.45) is 0. The van der Waals surface area contributed by atoms with Gasteiger partial charge in [-0.2, -0.15) is 0 Å². The van der Waals surface area contributed by atoms with Crippen LogP contribution in [0.3, 0.4) is 0 Å². The van der Waals surface area contributed by atoms with E-state index in [9.17, 15) is 4.79 Å². The fourth-order valence-corrected chi connectivity index (χ4v) is 3.98. The van der Waals surface area contributed by atoms with Crippen molar-refractivity contribution in [1.29, 1.82) is 0 Å². The molecule has 2 N–H and O–H groups in total. The number of carboxylic acid groups (broad SMARTS) is 1.